The van der Waals surface area contributed by atoms with Gasteiger partial charge in [-0.25, -0.2) is 4.79 Å². The van der Waals surface area contributed by atoms with E-state index in [0.717, 1.165) is 5.69 Å². The molecular formula is C16H12ClN3O4. The van der Waals surface area contributed by atoms with Gasteiger partial charge in [-0.2, -0.15) is 0 Å². The zero-order valence-corrected chi connectivity index (χ0v) is 13.3. The maximum absolute atomic E-state index is 11.8. The Morgan fingerprint density at radius 3 is 2.46 bits per heavy atom. The van der Waals surface area contributed by atoms with E-state index in [2.05, 4.69) is 0 Å². The van der Waals surface area contributed by atoms with Crippen molar-refractivity contribution < 1.29 is 19.1 Å². The molecule has 1 aliphatic heterocycles. The number of imide groups is 2. The Morgan fingerprint density at radius 2 is 1.83 bits per heavy atom. The lowest BCUT2D eigenvalue weighted by Crippen LogP contribution is -2.51. The largest absolute Gasteiger partial charge is 0.495 e. The Bertz CT molecular complexity index is 863. The topological polar surface area (TPSA) is 89.4 Å². The summed E-state index contributed by atoms with van der Waals surface area (Å²) in [6.07, 6.45) is 3.16. The summed E-state index contributed by atoms with van der Waals surface area (Å²) in [6, 6.07) is 7.85. The number of nitrogens with one attached hydrogen (secondary N) is 2. The first kappa shape index (κ1) is 15.8. The summed E-state index contributed by atoms with van der Waals surface area (Å²) in [4.78, 5) is 34.7. The lowest BCUT2D eigenvalue weighted by molar-refractivity contribution is -0.123. The van der Waals surface area contributed by atoms with Crippen molar-refractivity contribution in [3.05, 3.63) is 52.8 Å². The number of methoxy groups -OCH3 is 1. The van der Waals surface area contributed by atoms with Crippen LogP contribution in [0.2, 0.25) is 5.02 Å². The van der Waals surface area contributed by atoms with Crippen molar-refractivity contribution in [2.45, 2.75) is 0 Å². The van der Waals surface area contributed by atoms with Crippen LogP contribution in [-0.4, -0.2) is 29.5 Å². The zero-order valence-electron chi connectivity index (χ0n) is 12.5. The van der Waals surface area contributed by atoms with Gasteiger partial charge >= 0.3 is 6.03 Å². The molecule has 7 nitrogen and oxygen atoms in total. The molecular weight excluding hydrogens is 334 g/mol. The van der Waals surface area contributed by atoms with E-state index < -0.39 is 17.8 Å². The number of urea groups is 1. The summed E-state index contributed by atoms with van der Waals surface area (Å²) in [5.74, 6) is -0.953. The molecule has 1 aromatic heterocycles. The minimum Gasteiger partial charge on any atom is -0.495 e. The van der Waals surface area contributed by atoms with Crippen molar-refractivity contribution in [3.63, 3.8) is 0 Å². The third kappa shape index (κ3) is 2.89. The van der Waals surface area contributed by atoms with Crippen molar-refractivity contribution in [2.24, 2.45) is 0 Å². The number of carbonyl (C=O) groups is 3. The predicted octanol–water partition coefficient (Wildman–Crippen LogP) is 1.89. The molecule has 0 atom stereocenters. The maximum atomic E-state index is 11.8. The number of barbiturate groups is 1. The molecule has 1 aromatic carbocycles. The smallest absolute Gasteiger partial charge is 0.328 e. The highest BCUT2D eigenvalue weighted by molar-refractivity contribution is 6.32. The molecule has 0 spiro atoms. The van der Waals surface area contributed by atoms with Crippen molar-refractivity contribution >= 4 is 35.5 Å². The van der Waals surface area contributed by atoms with Crippen LogP contribution >= 0.6 is 11.6 Å². The molecule has 0 bridgehead atoms. The monoisotopic (exact) mass is 345 g/mol. The molecule has 1 aliphatic rings. The first-order valence-electron chi connectivity index (χ1n) is 6.89. The van der Waals surface area contributed by atoms with E-state index in [-0.39, 0.29) is 5.57 Å². The fraction of sp³-hybridized carbons (Fsp3) is 0.0625. The molecule has 24 heavy (non-hydrogen) atoms. The van der Waals surface area contributed by atoms with Gasteiger partial charge in [-0.1, -0.05) is 11.6 Å². The SMILES string of the molecule is COc1ccc(-n2cccc2C=C2C(=O)NC(=O)NC2=O)cc1Cl. The summed E-state index contributed by atoms with van der Waals surface area (Å²) in [7, 11) is 1.52. The van der Waals surface area contributed by atoms with Gasteiger partial charge in [0.05, 0.1) is 12.1 Å². The van der Waals surface area contributed by atoms with Crippen LogP contribution in [0.4, 0.5) is 4.79 Å². The molecule has 3 rings (SSSR count). The van der Waals surface area contributed by atoms with Crippen LogP contribution in [0.3, 0.4) is 0 Å². The Kier molecular flexibility index (Phi) is 4.09. The van der Waals surface area contributed by atoms with Crippen LogP contribution in [0.1, 0.15) is 5.69 Å². The van der Waals surface area contributed by atoms with Gasteiger partial charge in [-0.3, -0.25) is 20.2 Å². The molecule has 4 amide bonds. The lowest BCUT2D eigenvalue weighted by Gasteiger charge is -2.15. The zero-order chi connectivity index (χ0) is 17.3. The summed E-state index contributed by atoms with van der Waals surface area (Å²) in [5.41, 5.74) is 1.14. The average Bonchev–Trinajstić information content (AvgIpc) is 2.99. The van der Waals surface area contributed by atoms with Gasteiger partial charge in [0.1, 0.15) is 11.3 Å². The third-order valence-electron chi connectivity index (χ3n) is 3.43. The van der Waals surface area contributed by atoms with Crippen molar-refractivity contribution in [1.82, 2.24) is 15.2 Å². The second kappa shape index (κ2) is 6.21. The van der Waals surface area contributed by atoms with Crippen LogP contribution in [-0.2, 0) is 9.59 Å². The molecule has 1 saturated heterocycles. The van der Waals surface area contributed by atoms with Gasteiger partial charge < -0.3 is 9.30 Å². The molecule has 2 heterocycles. The van der Waals surface area contributed by atoms with Crippen LogP contribution in [0.5, 0.6) is 5.75 Å². The second-order valence-electron chi connectivity index (χ2n) is 4.92. The van der Waals surface area contributed by atoms with Crippen LogP contribution in [0, 0.1) is 0 Å². The molecule has 0 aliphatic carbocycles. The first-order chi connectivity index (χ1) is 11.5. The van der Waals surface area contributed by atoms with E-state index >= 15 is 0 Å². The third-order valence-corrected chi connectivity index (χ3v) is 3.72. The number of amides is 4. The van der Waals surface area contributed by atoms with Crippen LogP contribution in [0.15, 0.2) is 42.1 Å². The molecule has 2 aromatic rings. The summed E-state index contributed by atoms with van der Waals surface area (Å²) in [6.45, 7) is 0. The Balaban J connectivity index is 2.01. The number of hydrogen-bond acceptors (Lipinski definition) is 4. The predicted molar refractivity (Wildman–Crippen MR) is 87.0 cm³/mol. The van der Waals surface area contributed by atoms with Crippen LogP contribution in [0.25, 0.3) is 11.8 Å². The molecule has 1 fully saturated rings. The second-order valence-corrected chi connectivity index (χ2v) is 5.32. The highest BCUT2D eigenvalue weighted by Gasteiger charge is 2.28. The van der Waals surface area contributed by atoms with E-state index in [1.54, 1.807) is 41.1 Å². The highest BCUT2D eigenvalue weighted by atomic mass is 35.5. The Morgan fingerprint density at radius 1 is 1.12 bits per heavy atom. The standard InChI is InChI=1S/C16H12ClN3O4/c1-24-13-5-4-10(8-12(13)17)20-6-2-3-9(20)7-11-14(21)18-16(23)19-15(11)22/h2-8H,1H3,(H2,18,19,21,22,23). The number of aromatic nitrogens is 1. The fourth-order valence-electron chi connectivity index (χ4n) is 2.31. The van der Waals surface area contributed by atoms with Crippen molar-refractivity contribution in [3.8, 4) is 11.4 Å². The average molecular weight is 346 g/mol. The Labute approximate surface area is 141 Å². The molecule has 8 heteroatoms. The molecule has 2 N–H and O–H groups in total. The molecule has 0 unspecified atom stereocenters. The molecule has 122 valence electrons. The molecule has 0 radical (unpaired) electrons. The summed E-state index contributed by atoms with van der Waals surface area (Å²) < 4.78 is 6.86. The van der Waals surface area contributed by atoms with Gasteiger partial charge in [-0.05, 0) is 36.4 Å². The highest BCUT2D eigenvalue weighted by Crippen LogP contribution is 2.27. The number of carbonyl (C=O) groups excluding carboxylic acids is 3. The van der Waals surface area contributed by atoms with Crippen LogP contribution < -0.4 is 15.4 Å². The quantitative estimate of drug-likeness (QED) is 0.656. The van der Waals surface area contributed by atoms with E-state index in [1.807, 2.05) is 10.6 Å². The van der Waals surface area contributed by atoms with Gasteiger partial charge in [-0.15, -0.1) is 0 Å². The van der Waals surface area contributed by atoms with Gasteiger partial charge in [0.2, 0.25) is 0 Å². The van der Waals surface area contributed by atoms with E-state index in [1.165, 1.54) is 13.2 Å². The number of benzene rings is 1. The van der Waals surface area contributed by atoms with Gasteiger partial charge in [0.15, 0.2) is 0 Å². The van der Waals surface area contributed by atoms with Gasteiger partial charge in [0.25, 0.3) is 11.8 Å². The number of rotatable bonds is 3. The first-order valence-corrected chi connectivity index (χ1v) is 7.27. The van der Waals surface area contributed by atoms with E-state index in [0.29, 0.717) is 16.5 Å². The number of hydrogen-bond donors (Lipinski definition) is 2. The minimum atomic E-state index is -0.834. The van der Waals surface area contributed by atoms with Crippen molar-refractivity contribution in [2.75, 3.05) is 7.11 Å². The summed E-state index contributed by atoms with van der Waals surface area (Å²) >= 11 is 6.13. The normalized spacial score (nSPS) is 14.2. The number of nitrogens with zero attached hydrogens (tertiary/aromatic N) is 1. The number of ether oxygens (including phenoxy) is 1. The summed E-state index contributed by atoms with van der Waals surface area (Å²) in [5, 5.41) is 4.49. The van der Waals surface area contributed by atoms with E-state index in [4.69, 9.17) is 16.3 Å². The van der Waals surface area contributed by atoms with Gasteiger partial charge in [0, 0.05) is 17.6 Å². The fourth-order valence-corrected chi connectivity index (χ4v) is 2.56. The van der Waals surface area contributed by atoms with Crippen molar-refractivity contribution in [1.29, 1.82) is 0 Å². The number of halogens is 1. The Hall–Kier alpha value is -3.06. The minimum absolute atomic E-state index is 0.158. The van der Waals surface area contributed by atoms with E-state index in [9.17, 15) is 14.4 Å². The molecule has 0 saturated carbocycles. The lowest BCUT2D eigenvalue weighted by atomic mass is 10.1. The maximum Gasteiger partial charge on any atom is 0.328 e.